The number of aromatic amines is 1. The number of aliphatic hydroxyl groups is 1. The predicted octanol–water partition coefficient (Wildman–Crippen LogP) is 3.20. The predicted molar refractivity (Wildman–Crippen MR) is 111 cm³/mol. The monoisotopic (exact) mass is 428 g/mol. The van der Waals surface area contributed by atoms with Gasteiger partial charge < -0.3 is 15.7 Å². The van der Waals surface area contributed by atoms with Crippen LogP contribution >= 0.6 is 11.6 Å². The van der Waals surface area contributed by atoms with Crippen LogP contribution in [0.3, 0.4) is 0 Å². The number of H-pyrrole nitrogens is 1. The standard InChI is InChI=1S/C19H18ClFN8O/c20-16-10-23-19(27-13-8-26-29(11-13)4-5-30)28-18(16)22-9-15-14(2-1-3-17(15)21)12-6-24-25-7-12/h1-3,6-8,10-11,30H,4-5,9H2,(H,24,25)(H2,22,23,27,28). The molecule has 0 amide bonds. The third kappa shape index (κ3) is 4.39. The van der Waals surface area contributed by atoms with Crippen LogP contribution in [0.2, 0.25) is 5.02 Å². The van der Waals surface area contributed by atoms with E-state index in [9.17, 15) is 4.39 Å². The van der Waals surface area contributed by atoms with Crippen molar-refractivity contribution in [2.45, 2.75) is 13.1 Å². The molecule has 0 fully saturated rings. The third-order valence-corrected chi connectivity index (χ3v) is 4.60. The van der Waals surface area contributed by atoms with Gasteiger partial charge in [-0.15, -0.1) is 0 Å². The molecule has 11 heteroatoms. The molecule has 0 radical (unpaired) electrons. The quantitative estimate of drug-likeness (QED) is 0.340. The van der Waals surface area contributed by atoms with Crippen LogP contribution in [0.15, 0.2) is 49.2 Å². The van der Waals surface area contributed by atoms with Crippen molar-refractivity contribution in [3.8, 4) is 11.1 Å². The zero-order valence-electron chi connectivity index (χ0n) is 15.7. The summed E-state index contributed by atoms with van der Waals surface area (Å²) >= 11 is 6.22. The van der Waals surface area contributed by atoms with E-state index in [0.717, 1.165) is 11.1 Å². The number of halogens is 2. The van der Waals surface area contributed by atoms with E-state index in [-0.39, 0.29) is 19.0 Å². The average molecular weight is 429 g/mol. The molecule has 154 valence electrons. The molecular weight excluding hydrogens is 411 g/mol. The first kappa shape index (κ1) is 19.8. The van der Waals surface area contributed by atoms with E-state index in [1.54, 1.807) is 35.5 Å². The summed E-state index contributed by atoms with van der Waals surface area (Å²) < 4.78 is 16.1. The normalized spacial score (nSPS) is 10.9. The summed E-state index contributed by atoms with van der Waals surface area (Å²) in [5.41, 5.74) is 2.62. The Morgan fingerprint density at radius 1 is 1.23 bits per heavy atom. The Kier molecular flexibility index (Phi) is 5.87. The fourth-order valence-corrected chi connectivity index (χ4v) is 3.07. The fraction of sp³-hybridized carbons (Fsp3) is 0.158. The molecule has 0 spiro atoms. The second-order valence-corrected chi connectivity index (χ2v) is 6.74. The van der Waals surface area contributed by atoms with Crippen molar-refractivity contribution < 1.29 is 9.50 Å². The Balaban J connectivity index is 1.52. The molecule has 0 saturated carbocycles. The fourth-order valence-electron chi connectivity index (χ4n) is 2.91. The van der Waals surface area contributed by atoms with E-state index in [0.29, 0.717) is 34.6 Å². The lowest BCUT2D eigenvalue weighted by molar-refractivity contribution is 0.269. The number of nitrogens with zero attached hydrogens (tertiary/aromatic N) is 5. The van der Waals surface area contributed by atoms with Gasteiger partial charge in [0.15, 0.2) is 5.82 Å². The largest absolute Gasteiger partial charge is 0.394 e. The molecule has 0 aliphatic heterocycles. The van der Waals surface area contributed by atoms with Gasteiger partial charge in [-0.3, -0.25) is 9.78 Å². The van der Waals surface area contributed by atoms with Crippen LogP contribution in [0.1, 0.15) is 5.56 Å². The number of nitrogens with one attached hydrogen (secondary N) is 3. The minimum absolute atomic E-state index is 0.0104. The molecule has 0 unspecified atom stereocenters. The van der Waals surface area contributed by atoms with E-state index in [2.05, 4.69) is 35.9 Å². The van der Waals surface area contributed by atoms with E-state index < -0.39 is 0 Å². The highest BCUT2D eigenvalue weighted by Gasteiger charge is 2.13. The number of benzene rings is 1. The van der Waals surface area contributed by atoms with Crippen LogP contribution in [0, 0.1) is 5.82 Å². The van der Waals surface area contributed by atoms with Crippen LogP contribution in [0.4, 0.5) is 21.8 Å². The lowest BCUT2D eigenvalue weighted by Gasteiger charge is -2.13. The molecule has 4 N–H and O–H groups in total. The van der Waals surface area contributed by atoms with E-state index in [1.165, 1.54) is 12.3 Å². The maximum atomic E-state index is 14.5. The summed E-state index contributed by atoms with van der Waals surface area (Å²) in [7, 11) is 0. The van der Waals surface area contributed by atoms with Gasteiger partial charge in [-0.25, -0.2) is 9.37 Å². The maximum Gasteiger partial charge on any atom is 0.229 e. The van der Waals surface area contributed by atoms with Crippen LogP contribution in [-0.2, 0) is 13.1 Å². The molecule has 4 rings (SSSR count). The second kappa shape index (κ2) is 8.89. The minimum atomic E-state index is -0.346. The van der Waals surface area contributed by atoms with E-state index >= 15 is 0 Å². The van der Waals surface area contributed by atoms with Gasteiger partial charge in [0.05, 0.1) is 37.4 Å². The minimum Gasteiger partial charge on any atom is -0.394 e. The van der Waals surface area contributed by atoms with Crippen molar-refractivity contribution >= 4 is 29.1 Å². The number of hydrogen-bond acceptors (Lipinski definition) is 7. The molecule has 0 aliphatic rings. The highest BCUT2D eigenvalue weighted by Crippen LogP contribution is 2.27. The summed E-state index contributed by atoms with van der Waals surface area (Å²) in [4.78, 5) is 8.52. The first-order valence-electron chi connectivity index (χ1n) is 9.07. The number of aromatic nitrogens is 6. The molecule has 0 saturated heterocycles. The van der Waals surface area contributed by atoms with Gasteiger partial charge in [0.1, 0.15) is 10.8 Å². The molecule has 0 aliphatic carbocycles. The lowest BCUT2D eigenvalue weighted by Crippen LogP contribution is -2.07. The van der Waals surface area contributed by atoms with E-state index in [1.807, 2.05) is 6.07 Å². The Morgan fingerprint density at radius 2 is 2.13 bits per heavy atom. The summed E-state index contributed by atoms with van der Waals surface area (Å²) in [6.45, 7) is 0.541. The van der Waals surface area contributed by atoms with Crippen molar-refractivity contribution in [2.24, 2.45) is 0 Å². The highest BCUT2D eigenvalue weighted by molar-refractivity contribution is 6.32. The first-order chi connectivity index (χ1) is 14.6. The van der Waals surface area contributed by atoms with Crippen LogP contribution in [-0.4, -0.2) is 41.7 Å². The van der Waals surface area contributed by atoms with Gasteiger partial charge >= 0.3 is 0 Å². The first-order valence-corrected chi connectivity index (χ1v) is 9.45. The van der Waals surface area contributed by atoms with Crippen LogP contribution in [0.25, 0.3) is 11.1 Å². The molecule has 30 heavy (non-hydrogen) atoms. The Hall–Kier alpha value is -3.50. The lowest BCUT2D eigenvalue weighted by atomic mass is 10.0. The van der Waals surface area contributed by atoms with Gasteiger partial charge in [-0.1, -0.05) is 23.7 Å². The molecule has 1 aromatic carbocycles. The maximum absolute atomic E-state index is 14.5. The molecular formula is C19H18ClFN8O. The Labute approximate surface area is 176 Å². The van der Waals surface area contributed by atoms with Gasteiger partial charge in [-0.05, 0) is 11.6 Å². The summed E-state index contributed by atoms with van der Waals surface area (Å²) in [5, 5.41) is 26.2. The smallest absolute Gasteiger partial charge is 0.229 e. The third-order valence-electron chi connectivity index (χ3n) is 4.32. The number of anilines is 3. The molecule has 0 bridgehead atoms. The van der Waals surface area contributed by atoms with Crippen LogP contribution < -0.4 is 10.6 Å². The van der Waals surface area contributed by atoms with Crippen molar-refractivity contribution in [1.82, 2.24) is 29.9 Å². The summed E-state index contributed by atoms with van der Waals surface area (Å²) in [5.74, 6) is 0.313. The molecule has 9 nitrogen and oxygen atoms in total. The van der Waals surface area contributed by atoms with Gasteiger partial charge in [0, 0.05) is 30.1 Å². The van der Waals surface area contributed by atoms with Crippen molar-refractivity contribution in [1.29, 1.82) is 0 Å². The average Bonchev–Trinajstić information content (AvgIpc) is 3.42. The van der Waals surface area contributed by atoms with Crippen LogP contribution in [0.5, 0.6) is 0 Å². The Morgan fingerprint density at radius 3 is 2.93 bits per heavy atom. The van der Waals surface area contributed by atoms with Gasteiger partial charge in [-0.2, -0.15) is 15.2 Å². The highest BCUT2D eigenvalue weighted by atomic mass is 35.5. The zero-order chi connectivity index (χ0) is 20.9. The number of hydrogen-bond donors (Lipinski definition) is 4. The van der Waals surface area contributed by atoms with Crippen molar-refractivity contribution in [3.63, 3.8) is 0 Å². The molecule has 0 atom stereocenters. The van der Waals surface area contributed by atoms with Crippen molar-refractivity contribution in [2.75, 3.05) is 17.2 Å². The molecule has 3 aromatic heterocycles. The van der Waals surface area contributed by atoms with Gasteiger partial charge in [0.25, 0.3) is 0 Å². The van der Waals surface area contributed by atoms with E-state index in [4.69, 9.17) is 16.7 Å². The number of aliphatic hydroxyl groups excluding tert-OH is 1. The summed E-state index contributed by atoms with van der Waals surface area (Å²) in [6.07, 6.45) is 8.11. The molecule has 4 aromatic rings. The van der Waals surface area contributed by atoms with Gasteiger partial charge in [0.2, 0.25) is 5.95 Å². The second-order valence-electron chi connectivity index (χ2n) is 6.34. The Bertz CT molecular complexity index is 1130. The summed E-state index contributed by atoms with van der Waals surface area (Å²) in [6, 6.07) is 4.88. The zero-order valence-corrected chi connectivity index (χ0v) is 16.4. The topological polar surface area (TPSA) is 117 Å². The number of rotatable bonds is 8. The SMILES string of the molecule is OCCn1cc(Nc2ncc(Cl)c(NCc3c(F)cccc3-c3cn[nH]c3)n2)cn1. The molecule has 3 heterocycles. The van der Waals surface area contributed by atoms with Crippen molar-refractivity contribution in [3.05, 3.63) is 65.6 Å².